The number of likely N-dealkylation sites (N-methyl/N-ethyl adjacent to an activating group) is 1. The van der Waals surface area contributed by atoms with E-state index in [4.69, 9.17) is 4.74 Å². The predicted octanol–water partition coefficient (Wildman–Crippen LogP) is 1.48. The van der Waals surface area contributed by atoms with E-state index in [0.29, 0.717) is 6.61 Å². The average Bonchev–Trinajstić information content (AvgIpc) is 2.25. The molecule has 0 aliphatic rings. The van der Waals surface area contributed by atoms with Crippen LogP contribution in [0.5, 0.6) is 0 Å². The van der Waals surface area contributed by atoms with Gasteiger partial charge in [-0.1, -0.05) is 24.3 Å². The van der Waals surface area contributed by atoms with E-state index in [1.807, 2.05) is 0 Å². The van der Waals surface area contributed by atoms with E-state index >= 15 is 0 Å². The maximum atomic E-state index is 5.11. The molecule has 0 amide bonds. The van der Waals surface area contributed by atoms with Crippen LogP contribution in [0.2, 0.25) is 0 Å². The first-order valence-corrected chi connectivity index (χ1v) is 5.64. The lowest BCUT2D eigenvalue weighted by Gasteiger charge is -2.10. The lowest BCUT2D eigenvalue weighted by atomic mass is 10.1. The van der Waals surface area contributed by atoms with Crippen molar-refractivity contribution in [1.29, 1.82) is 0 Å². The second kappa shape index (κ2) is 7.39. The highest BCUT2D eigenvalue weighted by atomic mass is 16.5. The summed E-state index contributed by atoms with van der Waals surface area (Å²) in [5.41, 5.74) is 2.54. The van der Waals surface area contributed by atoms with E-state index in [2.05, 4.69) is 48.6 Å². The van der Waals surface area contributed by atoms with Crippen LogP contribution in [0.25, 0.3) is 0 Å². The minimum atomic E-state index is 0.686. The highest BCUT2D eigenvalue weighted by molar-refractivity contribution is 5.22. The van der Waals surface area contributed by atoms with Gasteiger partial charge in [-0.25, -0.2) is 0 Å². The number of hydrogen-bond acceptors (Lipinski definition) is 3. The molecule has 0 atom stereocenters. The Morgan fingerprint density at radius 1 is 1.25 bits per heavy atom. The molecule has 0 heterocycles. The van der Waals surface area contributed by atoms with E-state index in [0.717, 1.165) is 19.6 Å². The van der Waals surface area contributed by atoms with E-state index in [-0.39, 0.29) is 0 Å². The van der Waals surface area contributed by atoms with Crippen LogP contribution in [0.1, 0.15) is 11.1 Å². The van der Waals surface area contributed by atoms with Gasteiger partial charge in [-0.3, -0.25) is 0 Å². The molecule has 0 fully saturated rings. The summed E-state index contributed by atoms with van der Waals surface area (Å²) >= 11 is 0. The van der Waals surface area contributed by atoms with Crippen molar-refractivity contribution in [2.24, 2.45) is 0 Å². The zero-order valence-corrected chi connectivity index (χ0v) is 10.5. The molecule has 0 saturated carbocycles. The average molecular weight is 222 g/mol. The van der Waals surface area contributed by atoms with Crippen molar-refractivity contribution in [1.82, 2.24) is 10.2 Å². The Morgan fingerprint density at radius 3 is 2.69 bits per heavy atom. The number of methoxy groups -OCH3 is 1. The summed E-state index contributed by atoms with van der Waals surface area (Å²) < 4.78 is 5.11. The van der Waals surface area contributed by atoms with Gasteiger partial charge in [0.25, 0.3) is 0 Å². The number of hydrogen-bond donors (Lipinski definition) is 1. The molecule has 1 aromatic rings. The highest BCUT2D eigenvalue weighted by Gasteiger charge is 1.96. The molecule has 1 rings (SSSR count). The number of ether oxygens (including phenoxy) is 1. The topological polar surface area (TPSA) is 24.5 Å². The van der Waals surface area contributed by atoms with Gasteiger partial charge in [-0.2, -0.15) is 0 Å². The van der Waals surface area contributed by atoms with Crippen LogP contribution in [0.3, 0.4) is 0 Å². The van der Waals surface area contributed by atoms with Crippen molar-refractivity contribution in [3.05, 3.63) is 35.4 Å². The second-order valence-electron chi connectivity index (χ2n) is 4.23. The van der Waals surface area contributed by atoms with Gasteiger partial charge < -0.3 is 15.0 Å². The summed E-state index contributed by atoms with van der Waals surface area (Å²) in [4.78, 5) is 2.17. The molecule has 1 aromatic carbocycles. The minimum absolute atomic E-state index is 0.686. The van der Waals surface area contributed by atoms with E-state index in [1.165, 1.54) is 11.1 Å². The number of benzene rings is 1. The van der Waals surface area contributed by atoms with E-state index in [1.54, 1.807) is 7.11 Å². The fraction of sp³-hybridized carbons (Fsp3) is 0.538. The van der Waals surface area contributed by atoms with Gasteiger partial charge in [0.05, 0.1) is 6.61 Å². The molecule has 0 unspecified atom stereocenters. The van der Waals surface area contributed by atoms with Crippen molar-refractivity contribution in [3.63, 3.8) is 0 Å². The molecular formula is C13H22N2O. The van der Waals surface area contributed by atoms with Gasteiger partial charge in [0.1, 0.15) is 0 Å². The van der Waals surface area contributed by atoms with Gasteiger partial charge in [0, 0.05) is 26.7 Å². The smallest absolute Gasteiger partial charge is 0.0713 e. The monoisotopic (exact) mass is 222 g/mol. The molecule has 1 N–H and O–H groups in total. The molecule has 16 heavy (non-hydrogen) atoms. The van der Waals surface area contributed by atoms with Gasteiger partial charge in [-0.05, 0) is 25.2 Å². The van der Waals surface area contributed by atoms with Crippen LogP contribution in [0, 0.1) is 0 Å². The Morgan fingerprint density at radius 2 is 2.00 bits per heavy atom. The Balaban J connectivity index is 2.33. The molecule has 3 nitrogen and oxygen atoms in total. The zero-order valence-electron chi connectivity index (χ0n) is 10.5. The lowest BCUT2D eigenvalue weighted by Crippen LogP contribution is -2.26. The van der Waals surface area contributed by atoms with Crippen molar-refractivity contribution in [2.45, 2.75) is 13.2 Å². The van der Waals surface area contributed by atoms with Crippen LogP contribution >= 0.6 is 0 Å². The van der Waals surface area contributed by atoms with E-state index in [9.17, 15) is 0 Å². The SMILES string of the molecule is COCc1cccc(CNCCN(C)C)c1. The number of nitrogens with zero attached hydrogens (tertiary/aromatic N) is 1. The fourth-order valence-corrected chi connectivity index (χ4v) is 1.53. The van der Waals surface area contributed by atoms with Gasteiger partial charge in [0.2, 0.25) is 0 Å². The summed E-state index contributed by atoms with van der Waals surface area (Å²) in [5, 5.41) is 3.42. The largest absolute Gasteiger partial charge is 0.380 e. The fourth-order valence-electron chi connectivity index (χ4n) is 1.53. The molecule has 3 heteroatoms. The summed E-state index contributed by atoms with van der Waals surface area (Å²) in [6.07, 6.45) is 0. The minimum Gasteiger partial charge on any atom is -0.380 e. The first kappa shape index (κ1) is 13.2. The predicted molar refractivity (Wildman–Crippen MR) is 67.4 cm³/mol. The molecule has 0 aliphatic heterocycles. The van der Waals surface area contributed by atoms with Crippen LogP contribution in [-0.4, -0.2) is 39.2 Å². The number of rotatable bonds is 7. The molecule has 0 spiro atoms. The van der Waals surface area contributed by atoms with Crippen LogP contribution in [-0.2, 0) is 17.9 Å². The van der Waals surface area contributed by atoms with E-state index < -0.39 is 0 Å². The summed E-state index contributed by atoms with van der Waals surface area (Å²) in [6, 6.07) is 8.50. The summed E-state index contributed by atoms with van der Waals surface area (Å²) in [7, 11) is 5.89. The van der Waals surface area contributed by atoms with Crippen molar-refractivity contribution in [2.75, 3.05) is 34.3 Å². The molecule has 0 bridgehead atoms. The third-order valence-electron chi connectivity index (χ3n) is 2.37. The standard InChI is InChI=1S/C13H22N2O/c1-15(2)8-7-14-10-12-5-4-6-13(9-12)11-16-3/h4-6,9,14H,7-8,10-11H2,1-3H3. The first-order chi connectivity index (χ1) is 7.72. The summed E-state index contributed by atoms with van der Waals surface area (Å²) in [5.74, 6) is 0. The molecular weight excluding hydrogens is 200 g/mol. The van der Waals surface area contributed by atoms with Crippen molar-refractivity contribution >= 4 is 0 Å². The van der Waals surface area contributed by atoms with Gasteiger partial charge >= 0.3 is 0 Å². The zero-order chi connectivity index (χ0) is 11.8. The quantitative estimate of drug-likeness (QED) is 0.707. The Kier molecular flexibility index (Phi) is 6.08. The third kappa shape index (κ3) is 5.26. The van der Waals surface area contributed by atoms with Crippen molar-refractivity contribution < 1.29 is 4.74 Å². The van der Waals surface area contributed by atoms with Crippen LogP contribution in [0.4, 0.5) is 0 Å². The highest BCUT2D eigenvalue weighted by Crippen LogP contribution is 2.05. The van der Waals surface area contributed by atoms with Crippen LogP contribution < -0.4 is 5.32 Å². The molecule has 0 aromatic heterocycles. The van der Waals surface area contributed by atoms with Gasteiger partial charge in [-0.15, -0.1) is 0 Å². The maximum Gasteiger partial charge on any atom is 0.0713 e. The first-order valence-electron chi connectivity index (χ1n) is 5.64. The lowest BCUT2D eigenvalue weighted by molar-refractivity contribution is 0.185. The Labute approximate surface area is 98.4 Å². The van der Waals surface area contributed by atoms with Crippen molar-refractivity contribution in [3.8, 4) is 0 Å². The van der Waals surface area contributed by atoms with Gasteiger partial charge in [0.15, 0.2) is 0 Å². The molecule has 0 radical (unpaired) electrons. The number of nitrogens with one attached hydrogen (secondary N) is 1. The molecule has 0 saturated heterocycles. The Bertz CT molecular complexity index is 300. The Hall–Kier alpha value is -0.900. The molecule has 0 aliphatic carbocycles. The maximum absolute atomic E-state index is 5.11. The molecule has 90 valence electrons. The normalized spacial score (nSPS) is 11.0. The second-order valence-corrected chi connectivity index (χ2v) is 4.23. The van der Waals surface area contributed by atoms with Crippen LogP contribution in [0.15, 0.2) is 24.3 Å². The third-order valence-corrected chi connectivity index (χ3v) is 2.37. The summed E-state index contributed by atoms with van der Waals surface area (Å²) in [6.45, 7) is 3.69.